The molecule has 114 valence electrons. The van der Waals surface area contributed by atoms with Crippen molar-refractivity contribution >= 4 is 16.8 Å². The van der Waals surface area contributed by atoms with E-state index in [0.717, 1.165) is 5.75 Å². The number of ether oxygens (including phenoxy) is 2. The van der Waals surface area contributed by atoms with E-state index >= 15 is 0 Å². The van der Waals surface area contributed by atoms with Crippen LogP contribution < -0.4 is 21.0 Å². The largest absolute Gasteiger partial charge is 0.497 e. The number of hydrogen-bond donors (Lipinski definition) is 1. The van der Waals surface area contributed by atoms with E-state index in [-0.39, 0.29) is 0 Å². The lowest BCUT2D eigenvalue weighted by Crippen LogP contribution is -2.19. The molecule has 6 nitrogen and oxygen atoms in total. The number of para-hydroxylation sites is 1. The van der Waals surface area contributed by atoms with Gasteiger partial charge in [-0.25, -0.2) is 4.79 Å². The highest BCUT2D eigenvalue weighted by molar-refractivity contribution is 5.85. The molecule has 6 heteroatoms. The summed E-state index contributed by atoms with van der Waals surface area (Å²) >= 11 is 0. The van der Waals surface area contributed by atoms with Crippen LogP contribution in [0.3, 0.4) is 0 Å². The van der Waals surface area contributed by atoms with E-state index in [2.05, 4.69) is 0 Å². The van der Waals surface area contributed by atoms with Crippen LogP contribution in [-0.4, -0.2) is 18.3 Å². The van der Waals surface area contributed by atoms with Gasteiger partial charge in [0.25, 0.3) is 0 Å². The maximum absolute atomic E-state index is 11.9. The minimum atomic E-state index is -0.439. The minimum absolute atomic E-state index is 0.329. The maximum atomic E-state index is 11.9. The molecule has 0 unspecified atom stereocenters. The van der Waals surface area contributed by atoms with Gasteiger partial charge in [0.05, 0.1) is 19.3 Å². The number of benzene rings is 2. The Labute approximate surface area is 126 Å². The SMILES string of the molecule is COc1ccc(OCCn2c(=O)oc3cccc(N)c32)cc1. The van der Waals surface area contributed by atoms with Crippen LogP contribution in [-0.2, 0) is 6.54 Å². The number of methoxy groups -OCH3 is 1. The number of nitrogen functional groups attached to an aromatic ring is 1. The topological polar surface area (TPSA) is 79.6 Å². The predicted octanol–water partition coefficient (Wildman–Crippen LogP) is 2.26. The highest BCUT2D eigenvalue weighted by atomic mass is 16.5. The van der Waals surface area contributed by atoms with Crippen LogP contribution in [0.4, 0.5) is 5.69 Å². The zero-order valence-electron chi connectivity index (χ0n) is 12.1. The number of nitrogens with zero attached hydrogens (tertiary/aromatic N) is 1. The van der Waals surface area contributed by atoms with E-state index in [1.54, 1.807) is 25.3 Å². The Morgan fingerprint density at radius 3 is 2.59 bits per heavy atom. The molecular weight excluding hydrogens is 284 g/mol. The van der Waals surface area contributed by atoms with E-state index in [1.165, 1.54) is 4.57 Å². The van der Waals surface area contributed by atoms with Crippen LogP contribution in [0.2, 0.25) is 0 Å². The zero-order valence-corrected chi connectivity index (χ0v) is 12.1. The lowest BCUT2D eigenvalue weighted by atomic mass is 10.3. The smallest absolute Gasteiger partial charge is 0.420 e. The summed E-state index contributed by atoms with van der Waals surface area (Å²) in [6.07, 6.45) is 0. The molecule has 0 fully saturated rings. The van der Waals surface area contributed by atoms with Crippen molar-refractivity contribution in [2.75, 3.05) is 19.5 Å². The Bertz CT molecular complexity index is 833. The molecule has 0 radical (unpaired) electrons. The molecule has 0 atom stereocenters. The molecule has 0 aliphatic rings. The van der Waals surface area contributed by atoms with Crippen molar-refractivity contribution in [2.45, 2.75) is 6.54 Å². The molecule has 1 aromatic heterocycles. The van der Waals surface area contributed by atoms with Gasteiger partial charge in [-0.15, -0.1) is 0 Å². The zero-order chi connectivity index (χ0) is 15.5. The first kappa shape index (κ1) is 14.1. The van der Waals surface area contributed by atoms with Crippen molar-refractivity contribution in [3.05, 3.63) is 53.0 Å². The first-order chi connectivity index (χ1) is 10.7. The van der Waals surface area contributed by atoms with E-state index in [4.69, 9.17) is 19.6 Å². The van der Waals surface area contributed by atoms with Gasteiger partial charge in [-0.05, 0) is 36.4 Å². The van der Waals surface area contributed by atoms with Gasteiger partial charge in [0, 0.05) is 0 Å². The van der Waals surface area contributed by atoms with Gasteiger partial charge in [-0.1, -0.05) is 6.07 Å². The highest BCUT2D eigenvalue weighted by Crippen LogP contribution is 2.20. The Morgan fingerprint density at radius 1 is 1.14 bits per heavy atom. The van der Waals surface area contributed by atoms with E-state index in [9.17, 15) is 4.79 Å². The van der Waals surface area contributed by atoms with Crippen LogP contribution >= 0.6 is 0 Å². The summed E-state index contributed by atoms with van der Waals surface area (Å²) in [5.74, 6) is 1.03. The van der Waals surface area contributed by atoms with Crippen molar-refractivity contribution < 1.29 is 13.9 Å². The number of hydrogen-bond acceptors (Lipinski definition) is 5. The summed E-state index contributed by atoms with van der Waals surface area (Å²) in [6.45, 7) is 0.682. The predicted molar refractivity (Wildman–Crippen MR) is 83.4 cm³/mol. The first-order valence-corrected chi connectivity index (χ1v) is 6.84. The summed E-state index contributed by atoms with van der Waals surface area (Å²) < 4.78 is 17.4. The average molecular weight is 300 g/mol. The Hall–Kier alpha value is -2.89. The van der Waals surface area contributed by atoms with E-state index < -0.39 is 5.76 Å². The monoisotopic (exact) mass is 300 g/mol. The molecule has 0 bridgehead atoms. The van der Waals surface area contributed by atoms with Crippen molar-refractivity contribution in [3.63, 3.8) is 0 Å². The summed E-state index contributed by atoms with van der Waals surface area (Å²) in [5.41, 5.74) is 7.50. The molecule has 3 rings (SSSR count). The van der Waals surface area contributed by atoms with Gasteiger partial charge < -0.3 is 19.6 Å². The van der Waals surface area contributed by atoms with Gasteiger partial charge in [-0.2, -0.15) is 0 Å². The fraction of sp³-hybridized carbons (Fsp3) is 0.188. The molecule has 22 heavy (non-hydrogen) atoms. The quantitative estimate of drug-likeness (QED) is 0.731. The van der Waals surface area contributed by atoms with Gasteiger partial charge in [0.2, 0.25) is 0 Å². The molecule has 2 N–H and O–H groups in total. The third-order valence-electron chi connectivity index (χ3n) is 3.36. The minimum Gasteiger partial charge on any atom is -0.497 e. The third kappa shape index (κ3) is 2.63. The van der Waals surface area contributed by atoms with Crippen LogP contribution in [0.1, 0.15) is 0 Å². The second kappa shape index (κ2) is 5.85. The number of oxazole rings is 1. The number of anilines is 1. The van der Waals surface area contributed by atoms with Crippen molar-refractivity contribution in [3.8, 4) is 11.5 Å². The second-order valence-corrected chi connectivity index (χ2v) is 4.74. The van der Waals surface area contributed by atoms with Gasteiger partial charge in [0.1, 0.15) is 23.6 Å². The van der Waals surface area contributed by atoms with Crippen LogP contribution in [0.15, 0.2) is 51.7 Å². The molecule has 3 aromatic rings. The molecule has 0 aliphatic carbocycles. The Balaban J connectivity index is 1.74. The Kier molecular flexibility index (Phi) is 3.74. The fourth-order valence-corrected chi connectivity index (χ4v) is 2.28. The normalized spacial score (nSPS) is 10.8. The van der Waals surface area contributed by atoms with Crippen molar-refractivity contribution in [1.29, 1.82) is 0 Å². The number of nitrogens with two attached hydrogens (primary N) is 1. The molecule has 1 heterocycles. The average Bonchev–Trinajstić information content (AvgIpc) is 2.85. The summed E-state index contributed by atoms with van der Waals surface area (Å²) in [7, 11) is 1.61. The number of fused-ring (bicyclic) bond motifs is 1. The molecular formula is C16H16N2O4. The summed E-state index contributed by atoms with van der Waals surface area (Å²) in [6, 6.07) is 12.4. The molecule has 0 spiro atoms. The van der Waals surface area contributed by atoms with Crippen LogP contribution in [0, 0.1) is 0 Å². The molecule has 2 aromatic carbocycles. The number of rotatable bonds is 5. The first-order valence-electron chi connectivity index (χ1n) is 6.84. The molecule has 0 saturated heterocycles. The number of aromatic nitrogens is 1. The lowest BCUT2D eigenvalue weighted by molar-refractivity contribution is 0.293. The maximum Gasteiger partial charge on any atom is 0.420 e. The van der Waals surface area contributed by atoms with Gasteiger partial charge in [-0.3, -0.25) is 4.57 Å². The van der Waals surface area contributed by atoms with E-state index in [1.807, 2.05) is 24.3 Å². The fourth-order valence-electron chi connectivity index (χ4n) is 2.28. The van der Waals surface area contributed by atoms with E-state index in [0.29, 0.717) is 35.7 Å². The summed E-state index contributed by atoms with van der Waals surface area (Å²) in [5, 5.41) is 0. The molecule has 0 aliphatic heterocycles. The lowest BCUT2D eigenvalue weighted by Gasteiger charge is -2.08. The third-order valence-corrected chi connectivity index (χ3v) is 3.36. The molecule has 0 saturated carbocycles. The molecule has 0 amide bonds. The van der Waals surface area contributed by atoms with Crippen molar-refractivity contribution in [2.24, 2.45) is 0 Å². The Morgan fingerprint density at radius 2 is 1.86 bits per heavy atom. The van der Waals surface area contributed by atoms with Gasteiger partial charge in [0.15, 0.2) is 5.58 Å². The second-order valence-electron chi connectivity index (χ2n) is 4.74. The van der Waals surface area contributed by atoms with Crippen LogP contribution in [0.25, 0.3) is 11.1 Å². The standard InChI is InChI=1S/C16H16N2O4/c1-20-11-5-7-12(8-6-11)21-10-9-18-15-13(17)3-2-4-14(15)22-16(18)19/h2-8H,9-10,17H2,1H3. The van der Waals surface area contributed by atoms with Gasteiger partial charge >= 0.3 is 5.76 Å². The van der Waals surface area contributed by atoms with Crippen molar-refractivity contribution in [1.82, 2.24) is 4.57 Å². The highest BCUT2D eigenvalue weighted by Gasteiger charge is 2.11. The van der Waals surface area contributed by atoms with Crippen LogP contribution in [0.5, 0.6) is 11.5 Å². The summed E-state index contributed by atoms with van der Waals surface area (Å²) in [4.78, 5) is 11.9.